The van der Waals surface area contributed by atoms with Crippen molar-refractivity contribution in [1.29, 1.82) is 0 Å². The molecule has 1 aromatic rings. The van der Waals surface area contributed by atoms with Crippen molar-refractivity contribution in [3.63, 3.8) is 0 Å². The number of likely N-dealkylation sites (N-methyl/N-ethyl adjacent to an activating group) is 1. The molecule has 2 amide bonds. The van der Waals surface area contributed by atoms with Crippen LogP contribution in [0.2, 0.25) is 0 Å². The summed E-state index contributed by atoms with van der Waals surface area (Å²) in [6.45, 7) is 5.79. The average molecular weight is 386 g/mol. The van der Waals surface area contributed by atoms with Crippen molar-refractivity contribution in [2.75, 3.05) is 38.8 Å². The molecule has 146 valence electrons. The van der Waals surface area contributed by atoms with Gasteiger partial charge >= 0.3 is 0 Å². The van der Waals surface area contributed by atoms with Gasteiger partial charge in [0.1, 0.15) is 11.5 Å². The summed E-state index contributed by atoms with van der Waals surface area (Å²) < 4.78 is 10.5. The highest BCUT2D eigenvalue weighted by molar-refractivity contribution is 6.00. The molecule has 0 radical (unpaired) electrons. The second kappa shape index (κ2) is 10.2. The molecule has 1 aliphatic rings. The van der Waals surface area contributed by atoms with E-state index in [-0.39, 0.29) is 42.6 Å². The number of rotatable bonds is 8. The Labute approximate surface area is 160 Å². The van der Waals surface area contributed by atoms with Crippen LogP contribution in [-0.2, 0) is 9.59 Å². The van der Waals surface area contributed by atoms with E-state index < -0.39 is 0 Å². The van der Waals surface area contributed by atoms with E-state index in [1.165, 1.54) is 0 Å². The molecule has 0 spiro atoms. The first kappa shape index (κ1) is 22.1. The molecule has 0 aromatic heterocycles. The van der Waals surface area contributed by atoms with E-state index in [1.54, 1.807) is 37.3 Å². The largest absolute Gasteiger partial charge is 0.497 e. The minimum absolute atomic E-state index is 0. The molecule has 2 atom stereocenters. The smallest absolute Gasteiger partial charge is 0.227 e. The van der Waals surface area contributed by atoms with E-state index in [0.717, 1.165) is 6.54 Å². The Morgan fingerprint density at radius 1 is 1.27 bits per heavy atom. The van der Waals surface area contributed by atoms with Gasteiger partial charge in [0, 0.05) is 43.8 Å². The summed E-state index contributed by atoms with van der Waals surface area (Å²) >= 11 is 0. The van der Waals surface area contributed by atoms with Crippen LogP contribution in [0.3, 0.4) is 0 Å². The first-order valence-corrected chi connectivity index (χ1v) is 8.53. The van der Waals surface area contributed by atoms with Crippen LogP contribution in [0.4, 0.5) is 5.69 Å². The standard InChI is InChI=1S/C18H27N3O4.ClH/c1-5-19-12(2)10-20-18(23)13-6-17(22)21(11-13)14-7-15(24-3)9-16(8-14)25-4;/h7-9,12-13,19H,5-6,10-11H2,1-4H3,(H,20,23);1H/t12-,13?;/m1./s1. The number of nitrogens with zero attached hydrogens (tertiary/aromatic N) is 1. The quantitative estimate of drug-likeness (QED) is 0.710. The van der Waals surface area contributed by atoms with Crippen LogP contribution >= 0.6 is 12.4 Å². The first-order valence-electron chi connectivity index (χ1n) is 8.53. The summed E-state index contributed by atoms with van der Waals surface area (Å²) in [6.07, 6.45) is 0.209. The lowest BCUT2D eigenvalue weighted by Crippen LogP contribution is -2.41. The third-order valence-corrected chi connectivity index (χ3v) is 4.28. The topological polar surface area (TPSA) is 79.9 Å². The molecule has 8 heteroatoms. The summed E-state index contributed by atoms with van der Waals surface area (Å²) in [5.41, 5.74) is 0.678. The number of hydrogen-bond acceptors (Lipinski definition) is 5. The molecular formula is C18H28ClN3O4. The molecule has 0 saturated carbocycles. The molecular weight excluding hydrogens is 358 g/mol. The number of ether oxygens (including phenoxy) is 2. The SMILES string of the molecule is CCN[C@H](C)CNC(=O)C1CC(=O)N(c2cc(OC)cc(OC)c2)C1.Cl. The maximum absolute atomic E-state index is 12.4. The van der Waals surface area contributed by atoms with Gasteiger partial charge in [-0.3, -0.25) is 9.59 Å². The van der Waals surface area contributed by atoms with Crippen molar-refractivity contribution < 1.29 is 19.1 Å². The fourth-order valence-electron chi connectivity index (χ4n) is 2.90. The Bertz CT molecular complexity index is 604. The number of anilines is 1. The summed E-state index contributed by atoms with van der Waals surface area (Å²) in [5.74, 6) is 0.702. The second-order valence-corrected chi connectivity index (χ2v) is 6.18. The molecule has 1 heterocycles. The Kier molecular flexibility index (Phi) is 8.68. The number of nitrogens with one attached hydrogen (secondary N) is 2. The minimum Gasteiger partial charge on any atom is -0.497 e. The van der Waals surface area contributed by atoms with Crippen molar-refractivity contribution in [2.24, 2.45) is 5.92 Å². The first-order chi connectivity index (χ1) is 12.0. The lowest BCUT2D eigenvalue weighted by Gasteiger charge is -2.19. The normalized spacial score (nSPS) is 17.5. The average Bonchev–Trinajstić information content (AvgIpc) is 3.01. The number of benzene rings is 1. The van der Waals surface area contributed by atoms with Gasteiger partial charge in [-0.05, 0) is 13.5 Å². The van der Waals surface area contributed by atoms with Crippen LogP contribution in [0.25, 0.3) is 0 Å². The van der Waals surface area contributed by atoms with E-state index >= 15 is 0 Å². The lowest BCUT2D eigenvalue weighted by atomic mass is 10.1. The Morgan fingerprint density at radius 3 is 2.42 bits per heavy atom. The van der Waals surface area contributed by atoms with Crippen molar-refractivity contribution in [3.8, 4) is 11.5 Å². The van der Waals surface area contributed by atoms with Gasteiger partial charge in [-0.25, -0.2) is 0 Å². The summed E-state index contributed by atoms with van der Waals surface area (Å²) in [5, 5.41) is 6.16. The molecule has 1 saturated heterocycles. The molecule has 0 bridgehead atoms. The zero-order valence-electron chi connectivity index (χ0n) is 15.7. The van der Waals surface area contributed by atoms with Crippen molar-refractivity contribution in [3.05, 3.63) is 18.2 Å². The van der Waals surface area contributed by atoms with Crippen molar-refractivity contribution in [2.45, 2.75) is 26.3 Å². The van der Waals surface area contributed by atoms with Gasteiger partial charge in [-0.2, -0.15) is 0 Å². The second-order valence-electron chi connectivity index (χ2n) is 6.18. The van der Waals surface area contributed by atoms with Gasteiger partial charge in [0.05, 0.1) is 25.8 Å². The van der Waals surface area contributed by atoms with Crippen LogP contribution in [0.5, 0.6) is 11.5 Å². The van der Waals surface area contributed by atoms with E-state index in [9.17, 15) is 9.59 Å². The van der Waals surface area contributed by atoms with Crippen molar-refractivity contribution in [1.82, 2.24) is 10.6 Å². The van der Waals surface area contributed by atoms with Gasteiger partial charge in [0.2, 0.25) is 11.8 Å². The molecule has 1 unspecified atom stereocenters. The highest BCUT2D eigenvalue weighted by Gasteiger charge is 2.35. The van der Waals surface area contributed by atoms with E-state index in [0.29, 0.717) is 30.3 Å². The zero-order chi connectivity index (χ0) is 18.4. The van der Waals surface area contributed by atoms with Gasteiger partial charge in [-0.1, -0.05) is 6.92 Å². The monoisotopic (exact) mass is 385 g/mol. The van der Waals surface area contributed by atoms with Crippen LogP contribution in [0, 0.1) is 5.92 Å². The van der Waals surface area contributed by atoms with Gasteiger partial charge in [0.15, 0.2) is 0 Å². The zero-order valence-corrected chi connectivity index (χ0v) is 16.5. The third-order valence-electron chi connectivity index (χ3n) is 4.28. The maximum atomic E-state index is 12.4. The van der Waals surface area contributed by atoms with E-state index in [1.807, 2.05) is 13.8 Å². The Morgan fingerprint density at radius 2 is 1.88 bits per heavy atom. The predicted molar refractivity (Wildman–Crippen MR) is 103 cm³/mol. The van der Waals surface area contributed by atoms with Gasteiger partial charge in [-0.15, -0.1) is 12.4 Å². The summed E-state index contributed by atoms with van der Waals surface area (Å²) in [7, 11) is 3.12. The van der Waals surface area contributed by atoms with Crippen LogP contribution in [-0.4, -0.2) is 51.7 Å². The molecule has 7 nitrogen and oxygen atoms in total. The fraction of sp³-hybridized carbons (Fsp3) is 0.556. The highest BCUT2D eigenvalue weighted by Crippen LogP contribution is 2.32. The lowest BCUT2D eigenvalue weighted by molar-refractivity contribution is -0.126. The van der Waals surface area contributed by atoms with Crippen molar-refractivity contribution >= 4 is 29.9 Å². The Hall–Kier alpha value is -1.99. The molecule has 2 rings (SSSR count). The molecule has 2 N–H and O–H groups in total. The molecule has 0 aliphatic carbocycles. The molecule has 1 fully saturated rings. The predicted octanol–water partition coefficient (Wildman–Crippen LogP) is 1.59. The van der Waals surface area contributed by atoms with E-state index in [2.05, 4.69) is 10.6 Å². The molecule has 1 aliphatic heterocycles. The van der Waals surface area contributed by atoms with Crippen LogP contribution < -0.4 is 25.0 Å². The molecule has 26 heavy (non-hydrogen) atoms. The number of methoxy groups -OCH3 is 2. The van der Waals surface area contributed by atoms with Crippen LogP contribution in [0.1, 0.15) is 20.3 Å². The number of carbonyl (C=O) groups is 2. The van der Waals surface area contributed by atoms with Gasteiger partial charge in [0.25, 0.3) is 0 Å². The maximum Gasteiger partial charge on any atom is 0.227 e. The number of hydrogen-bond donors (Lipinski definition) is 2. The number of halogens is 1. The third kappa shape index (κ3) is 5.51. The molecule has 1 aromatic carbocycles. The summed E-state index contributed by atoms with van der Waals surface area (Å²) in [6, 6.07) is 5.49. The van der Waals surface area contributed by atoms with Crippen LogP contribution in [0.15, 0.2) is 18.2 Å². The fourth-order valence-corrected chi connectivity index (χ4v) is 2.90. The minimum atomic E-state index is -0.349. The Balaban J connectivity index is 0.00000338. The highest BCUT2D eigenvalue weighted by atomic mass is 35.5. The number of amides is 2. The van der Waals surface area contributed by atoms with Gasteiger partial charge < -0.3 is 25.0 Å². The summed E-state index contributed by atoms with van der Waals surface area (Å²) in [4.78, 5) is 26.4. The number of carbonyl (C=O) groups excluding carboxylic acids is 2. The van der Waals surface area contributed by atoms with E-state index in [4.69, 9.17) is 9.47 Å².